The second kappa shape index (κ2) is 9.46. The number of allylic oxidation sites excluding steroid dienone is 1. The van der Waals surface area contributed by atoms with Gasteiger partial charge in [-0.25, -0.2) is 0 Å². The van der Waals surface area contributed by atoms with Crippen molar-refractivity contribution in [3.63, 3.8) is 0 Å². The fourth-order valence-corrected chi connectivity index (χ4v) is 2.75. The summed E-state index contributed by atoms with van der Waals surface area (Å²) in [5, 5.41) is 19.2. The van der Waals surface area contributed by atoms with Gasteiger partial charge in [-0.3, -0.25) is 4.79 Å². The zero-order chi connectivity index (χ0) is 20.6. The molecule has 148 valence electrons. The van der Waals surface area contributed by atoms with Gasteiger partial charge in [0.25, 0.3) is 0 Å². The van der Waals surface area contributed by atoms with Gasteiger partial charge in [0.05, 0.1) is 12.2 Å². The number of hydrogen-bond acceptors (Lipinski definition) is 5. The van der Waals surface area contributed by atoms with Gasteiger partial charge in [-0.1, -0.05) is 30.3 Å². The number of benzene rings is 3. The maximum atomic E-state index is 12.4. The molecular weight excluding hydrogens is 368 g/mol. The van der Waals surface area contributed by atoms with Crippen LogP contribution in [-0.2, 0) is 6.61 Å². The first-order valence-corrected chi connectivity index (χ1v) is 9.25. The molecule has 2 N–H and O–H groups in total. The molecule has 0 aliphatic heterocycles. The summed E-state index contributed by atoms with van der Waals surface area (Å²) in [7, 11) is 0. The van der Waals surface area contributed by atoms with E-state index in [9.17, 15) is 15.0 Å². The second-order valence-electron chi connectivity index (χ2n) is 6.31. The Morgan fingerprint density at radius 3 is 2.48 bits per heavy atom. The highest BCUT2D eigenvalue weighted by Crippen LogP contribution is 2.28. The fraction of sp³-hybridized carbons (Fsp3) is 0.125. The minimum atomic E-state index is -0.380. The summed E-state index contributed by atoms with van der Waals surface area (Å²) < 4.78 is 11.5. The maximum absolute atomic E-state index is 12.4. The Morgan fingerprint density at radius 2 is 1.76 bits per heavy atom. The molecule has 0 atom stereocenters. The van der Waals surface area contributed by atoms with Crippen LogP contribution < -0.4 is 9.47 Å². The van der Waals surface area contributed by atoms with Crippen molar-refractivity contribution in [2.75, 3.05) is 6.61 Å². The van der Waals surface area contributed by atoms with E-state index in [0.717, 1.165) is 11.6 Å². The van der Waals surface area contributed by atoms with Crippen LogP contribution in [0.15, 0.2) is 72.8 Å². The molecule has 29 heavy (non-hydrogen) atoms. The monoisotopic (exact) mass is 390 g/mol. The Labute approximate surface area is 169 Å². The SMILES string of the molecule is CCOc1cc(OCc2ccccc2)ccc1C=CC(=O)c1ccc(O)cc1O. The molecule has 0 aromatic heterocycles. The topological polar surface area (TPSA) is 76.0 Å². The van der Waals surface area contributed by atoms with Crippen molar-refractivity contribution in [3.05, 3.63) is 89.5 Å². The minimum Gasteiger partial charge on any atom is -0.508 e. The molecule has 0 saturated heterocycles. The summed E-state index contributed by atoms with van der Waals surface area (Å²) in [6.45, 7) is 2.79. The van der Waals surface area contributed by atoms with Crippen LogP contribution in [0.5, 0.6) is 23.0 Å². The van der Waals surface area contributed by atoms with Gasteiger partial charge >= 0.3 is 0 Å². The predicted molar refractivity (Wildman–Crippen MR) is 112 cm³/mol. The average molecular weight is 390 g/mol. The van der Waals surface area contributed by atoms with Crippen LogP contribution in [0.3, 0.4) is 0 Å². The van der Waals surface area contributed by atoms with Crippen molar-refractivity contribution in [2.45, 2.75) is 13.5 Å². The summed E-state index contributed by atoms with van der Waals surface area (Å²) in [4.78, 5) is 12.4. The third-order valence-corrected chi connectivity index (χ3v) is 4.19. The quantitative estimate of drug-likeness (QED) is 0.419. The Morgan fingerprint density at radius 1 is 0.966 bits per heavy atom. The Hall–Kier alpha value is -3.73. The molecule has 5 nitrogen and oxygen atoms in total. The third kappa shape index (κ3) is 5.39. The van der Waals surface area contributed by atoms with E-state index < -0.39 is 0 Å². The Kier molecular flexibility index (Phi) is 6.53. The molecule has 0 fully saturated rings. The smallest absolute Gasteiger partial charge is 0.189 e. The number of aromatic hydroxyl groups is 2. The van der Waals surface area contributed by atoms with E-state index in [-0.39, 0.29) is 22.8 Å². The van der Waals surface area contributed by atoms with Crippen molar-refractivity contribution in [2.24, 2.45) is 0 Å². The van der Waals surface area contributed by atoms with Crippen molar-refractivity contribution < 1.29 is 24.5 Å². The number of rotatable bonds is 8. The molecule has 0 amide bonds. The minimum absolute atomic E-state index is 0.104. The third-order valence-electron chi connectivity index (χ3n) is 4.19. The lowest BCUT2D eigenvalue weighted by atomic mass is 10.1. The van der Waals surface area contributed by atoms with Gasteiger partial charge in [-0.2, -0.15) is 0 Å². The molecule has 3 rings (SSSR count). The van der Waals surface area contributed by atoms with Gasteiger partial charge in [0.2, 0.25) is 0 Å². The van der Waals surface area contributed by atoms with Crippen LogP contribution in [0.25, 0.3) is 6.08 Å². The molecule has 3 aromatic rings. The first kappa shape index (κ1) is 20.0. The largest absolute Gasteiger partial charge is 0.508 e. The molecule has 0 saturated carbocycles. The van der Waals surface area contributed by atoms with E-state index in [0.29, 0.717) is 30.3 Å². The Bertz CT molecular complexity index is 1010. The number of hydrogen-bond donors (Lipinski definition) is 2. The molecule has 5 heteroatoms. The first-order chi connectivity index (χ1) is 14.1. The van der Waals surface area contributed by atoms with E-state index in [2.05, 4.69) is 0 Å². The number of phenolic OH excluding ortho intramolecular Hbond substituents is 2. The highest BCUT2D eigenvalue weighted by atomic mass is 16.5. The van der Waals surface area contributed by atoms with Gasteiger partial charge in [-0.15, -0.1) is 0 Å². The second-order valence-corrected chi connectivity index (χ2v) is 6.31. The Balaban J connectivity index is 1.75. The molecular formula is C24H22O5. The molecule has 0 aliphatic carbocycles. The van der Waals surface area contributed by atoms with E-state index in [4.69, 9.17) is 9.47 Å². The lowest BCUT2D eigenvalue weighted by molar-refractivity contribution is 0.104. The predicted octanol–water partition coefficient (Wildman–Crippen LogP) is 4.97. The average Bonchev–Trinajstić information content (AvgIpc) is 2.72. The van der Waals surface area contributed by atoms with Crippen molar-refractivity contribution in [1.82, 2.24) is 0 Å². The number of ether oxygens (including phenoxy) is 2. The lowest BCUT2D eigenvalue weighted by Gasteiger charge is -2.11. The molecule has 0 aliphatic rings. The highest BCUT2D eigenvalue weighted by molar-refractivity contribution is 6.08. The summed E-state index contributed by atoms with van der Waals surface area (Å²) in [5.74, 6) is 0.505. The molecule has 3 aromatic carbocycles. The summed E-state index contributed by atoms with van der Waals surface area (Å²) in [6, 6.07) is 19.1. The van der Waals surface area contributed by atoms with Crippen molar-refractivity contribution in [3.8, 4) is 23.0 Å². The first-order valence-electron chi connectivity index (χ1n) is 9.25. The highest BCUT2D eigenvalue weighted by Gasteiger charge is 2.10. The van der Waals surface area contributed by atoms with Gasteiger partial charge in [0, 0.05) is 17.7 Å². The van der Waals surface area contributed by atoms with Crippen LogP contribution >= 0.6 is 0 Å². The van der Waals surface area contributed by atoms with Crippen LogP contribution in [0, 0.1) is 0 Å². The summed E-state index contributed by atoms with van der Waals surface area (Å²) >= 11 is 0. The summed E-state index contributed by atoms with van der Waals surface area (Å²) in [6.07, 6.45) is 2.98. The number of carbonyl (C=O) groups excluding carboxylic acids is 1. The van der Waals surface area contributed by atoms with Gasteiger partial charge in [0.1, 0.15) is 29.6 Å². The fourth-order valence-electron chi connectivity index (χ4n) is 2.75. The number of phenols is 2. The van der Waals surface area contributed by atoms with E-state index >= 15 is 0 Å². The molecule has 0 unspecified atom stereocenters. The number of ketones is 1. The van der Waals surface area contributed by atoms with Gasteiger partial charge < -0.3 is 19.7 Å². The van der Waals surface area contributed by atoms with E-state index in [1.807, 2.05) is 49.4 Å². The van der Waals surface area contributed by atoms with E-state index in [1.165, 1.54) is 18.2 Å². The van der Waals surface area contributed by atoms with E-state index in [1.54, 1.807) is 12.1 Å². The maximum Gasteiger partial charge on any atom is 0.189 e. The lowest BCUT2D eigenvalue weighted by Crippen LogP contribution is -1.99. The number of carbonyl (C=O) groups is 1. The van der Waals surface area contributed by atoms with Gasteiger partial charge in [-0.05, 0) is 48.9 Å². The summed E-state index contributed by atoms with van der Waals surface area (Å²) in [5.41, 5.74) is 1.89. The zero-order valence-electron chi connectivity index (χ0n) is 16.0. The zero-order valence-corrected chi connectivity index (χ0v) is 16.0. The molecule has 0 bridgehead atoms. The van der Waals surface area contributed by atoms with Crippen molar-refractivity contribution >= 4 is 11.9 Å². The standard InChI is InChI=1S/C24H22O5/c1-2-28-24-15-20(29-16-17-6-4-3-5-7-17)11-8-18(24)9-13-22(26)21-12-10-19(25)14-23(21)27/h3-15,25,27H,2,16H2,1H3. The van der Waals surface area contributed by atoms with Gasteiger partial charge in [0.15, 0.2) is 5.78 Å². The van der Waals surface area contributed by atoms with Crippen LogP contribution in [0.1, 0.15) is 28.4 Å². The van der Waals surface area contributed by atoms with Crippen molar-refractivity contribution in [1.29, 1.82) is 0 Å². The van der Waals surface area contributed by atoms with Crippen LogP contribution in [0.2, 0.25) is 0 Å². The molecule has 0 spiro atoms. The molecule has 0 radical (unpaired) electrons. The molecule has 0 heterocycles. The van der Waals surface area contributed by atoms with Crippen LogP contribution in [0.4, 0.5) is 0 Å². The normalized spacial score (nSPS) is 10.8. The van der Waals surface area contributed by atoms with Crippen LogP contribution in [-0.4, -0.2) is 22.6 Å².